The molecule has 0 radical (unpaired) electrons. The summed E-state index contributed by atoms with van der Waals surface area (Å²) in [6, 6.07) is 2.07. The monoisotopic (exact) mass is 282 g/mol. The first-order valence-corrected chi connectivity index (χ1v) is 7.53. The second-order valence-electron chi connectivity index (χ2n) is 4.51. The van der Waals surface area contributed by atoms with Gasteiger partial charge in [-0.3, -0.25) is 4.79 Å². The maximum absolute atomic E-state index is 12.3. The van der Waals surface area contributed by atoms with Crippen LogP contribution in [-0.4, -0.2) is 28.9 Å². The Labute approximate surface area is 117 Å². The van der Waals surface area contributed by atoms with Crippen molar-refractivity contribution in [2.75, 3.05) is 13.1 Å². The van der Waals surface area contributed by atoms with Gasteiger partial charge in [0.2, 0.25) is 0 Å². The quantitative estimate of drug-likeness (QED) is 0.843. The number of amides is 1. The third-order valence-corrected chi connectivity index (χ3v) is 4.68. The van der Waals surface area contributed by atoms with Gasteiger partial charge >= 0.3 is 0 Å². The number of thiophene rings is 1. The van der Waals surface area contributed by atoms with Crippen LogP contribution in [-0.2, 0) is 12.8 Å². The molecule has 98 valence electrons. The zero-order chi connectivity index (χ0) is 13.1. The van der Waals surface area contributed by atoms with Crippen molar-refractivity contribution in [3.05, 3.63) is 21.4 Å². The summed E-state index contributed by atoms with van der Waals surface area (Å²) < 4.78 is 0. The Morgan fingerprint density at radius 2 is 2.33 bits per heavy atom. The Kier molecular flexibility index (Phi) is 4.35. The fourth-order valence-electron chi connectivity index (χ4n) is 2.24. The molecule has 1 heterocycles. The van der Waals surface area contributed by atoms with Crippen LogP contribution in [0, 0.1) is 0 Å². The molecular weight excluding hydrogens is 264 g/mol. The molecule has 0 spiro atoms. The van der Waals surface area contributed by atoms with E-state index in [-0.39, 0.29) is 5.91 Å². The van der Waals surface area contributed by atoms with E-state index in [1.165, 1.54) is 16.9 Å². The number of carbonyl (C=O) groups is 1. The lowest BCUT2D eigenvalue weighted by molar-refractivity contribution is 0.0773. The number of aryl methyl sites for hydroxylation is 2. The van der Waals surface area contributed by atoms with Crippen molar-refractivity contribution in [3.63, 3.8) is 0 Å². The number of thiocarbonyl (C=S) groups is 1. The third-order valence-electron chi connectivity index (χ3n) is 3.25. The predicted octanol–water partition coefficient (Wildman–Crippen LogP) is 2.38. The molecule has 1 aliphatic rings. The number of hydrogen-bond donors (Lipinski definition) is 1. The fraction of sp³-hybridized carbons (Fsp3) is 0.538. The van der Waals surface area contributed by atoms with Gasteiger partial charge in [0.25, 0.3) is 5.91 Å². The summed E-state index contributed by atoms with van der Waals surface area (Å²) in [4.78, 5) is 16.9. The molecule has 1 amide bonds. The van der Waals surface area contributed by atoms with Crippen LogP contribution in [0.15, 0.2) is 6.07 Å². The largest absolute Gasteiger partial charge is 0.393 e. The van der Waals surface area contributed by atoms with Gasteiger partial charge in [0.15, 0.2) is 0 Å². The molecule has 18 heavy (non-hydrogen) atoms. The Morgan fingerprint density at radius 3 is 2.94 bits per heavy atom. The van der Waals surface area contributed by atoms with Gasteiger partial charge in [-0.1, -0.05) is 12.2 Å². The van der Waals surface area contributed by atoms with Crippen molar-refractivity contribution in [1.82, 2.24) is 4.90 Å². The SMILES string of the molecule is CCN(CCC(N)=S)C(=O)c1cc2c(s1)CCC2. The van der Waals surface area contributed by atoms with Crippen LogP contribution in [0.2, 0.25) is 0 Å². The second-order valence-corrected chi connectivity index (χ2v) is 6.17. The van der Waals surface area contributed by atoms with E-state index in [1.807, 2.05) is 11.8 Å². The van der Waals surface area contributed by atoms with Gasteiger partial charge in [-0.25, -0.2) is 0 Å². The summed E-state index contributed by atoms with van der Waals surface area (Å²) >= 11 is 6.51. The molecule has 2 N–H and O–H groups in total. The van der Waals surface area contributed by atoms with Crippen molar-refractivity contribution >= 4 is 34.5 Å². The van der Waals surface area contributed by atoms with Gasteiger partial charge in [0.05, 0.1) is 9.87 Å². The van der Waals surface area contributed by atoms with Crippen molar-refractivity contribution in [2.45, 2.75) is 32.6 Å². The highest BCUT2D eigenvalue weighted by atomic mass is 32.1. The highest BCUT2D eigenvalue weighted by Crippen LogP contribution is 2.31. The summed E-state index contributed by atoms with van der Waals surface area (Å²) in [5.41, 5.74) is 6.86. The average Bonchev–Trinajstić information content (AvgIpc) is 2.88. The molecule has 3 nitrogen and oxygen atoms in total. The molecule has 1 aliphatic carbocycles. The van der Waals surface area contributed by atoms with Gasteiger partial charge in [0.1, 0.15) is 0 Å². The molecule has 5 heteroatoms. The van der Waals surface area contributed by atoms with Crippen LogP contribution in [0.4, 0.5) is 0 Å². The minimum absolute atomic E-state index is 0.119. The van der Waals surface area contributed by atoms with Gasteiger partial charge in [0, 0.05) is 24.4 Å². The van der Waals surface area contributed by atoms with Crippen molar-refractivity contribution in [2.24, 2.45) is 5.73 Å². The van der Waals surface area contributed by atoms with E-state index in [0.717, 1.165) is 17.7 Å². The van der Waals surface area contributed by atoms with Crippen LogP contribution >= 0.6 is 23.6 Å². The summed E-state index contributed by atoms with van der Waals surface area (Å²) in [7, 11) is 0. The molecule has 0 saturated carbocycles. The minimum Gasteiger partial charge on any atom is -0.393 e. The molecule has 1 aromatic heterocycles. The highest BCUT2D eigenvalue weighted by molar-refractivity contribution is 7.80. The van der Waals surface area contributed by atoms with E-state index in [0.29, 0.717) is 24.5 Å². The molecule has 0 bridgehead atoms. The lowest BCUT2D eigenvalue weighted by Crippen LogP contribution is -2.33. The van der Waals surface area contributed by atoms with Crippen LogP contribution in [0.1, 0.15) is 39.9 Å². The Morgan fingerprint density at radius 1 is 1.56 bits per heavy atom. The first-order chi connectivity index (χ1) is 8.61. The van der Waals surface area contributed by atoms with Crippen LogP contribution in [0.3, 0.4) is 0 Å². The Hall–Kier alpha value is -0.940. The van der Waals surface area contributed by atoms with Crippen LogP contribution < -0.4 is 5.73 Å². The van der Waals surface area contributed by atoms with Crippen molar-refractivity contribution in [3.8, 4) is 0 Å². The smallest absolute Gasteiger partial charge is 0.263 e. The molecule has 0 aliphatic heterocycles. The maximum atomic E-state index is 12.3. The number of fused-ring (bicyclic) bond motifs is 1. The number of rotatable bonds is 5. The van der Waals surface area contributed by atoms with E-state index in [2.05, 4.69) is 6.07 Å². The minimum atomic E-state index is 0.119. The molecule has 0 saturated heterocycles. The number of nitrogens with zero attached hydrogens (tertiary/aromatic N) is 1. The van der Waals surface area contributed by atoms with Crippen LogP contribution in [0.25, 0.3) is 0 Å². The highest BCUT2D eigenvalue weighted by Gasteiger charge is 2.21. The summed E-state index contributed by atoms with van der Waals surface area (Å²) in [6.07, 6.45) is 4.08. The molecule has 0 aromatic carbocycles. The second kappa shape index (κ2) is 5.80. The maximum Gasteiger partial charge on any atom is 0.263 e. The number of carbonyl (C=O) groups excluding carboxylic acids is 1. The topological polar surface area (TPSA) is 46.3 Å². The first-order valence-electron chi connectivity index (χ1n) is 6.31. The normalized spacial score (nSPS) is 13.4. The van der Waals surface area contributed by atoms with E-state index in [9.17, 15) is 4.79 Å². The van der Waals surface area contributed by atoms with E-state index in [4.69, 9.17) is 18.0 Å². The third kappa shape index (κ3) is 2.90. The standard InChI is InChI=1S/C13H18N2OS2/c1-2-15(7-6-12(14)17)13(16)11-8-9-4-3-5-10(9)18-11/h8H,2-7H2,1H3,(H2,14,17). The fourth-order valence-corrected chi connectivity index (χ4v) is 3.55. The van der Waals surface area contributed by atoms with Crippen LogP contribution in [0.5, 0.6) is 0 Å². The lowest BCUT2D eigenvalue weighted by atomic mass is 10.2. The first kappa shape index (κ1) is 13.5. The molecule has 0 unspecified atom stereocenters. The van der Waals surface area contributed by atoms with E-state index < -0.39 is 0 Å². The number of hydrogen-bond acceptors (Lipinski definition) is 3. The number of nitrogens with two attached hydrogens (primary N) is 1. The Balaban J connectivity index is 2.05. The zero-order valence-electron chi connectivity index (χ0n) is 10.6. The predicted molar refractivity (Wildman–Crippen MR) is 79.3 cm³/mol. The van der Waals surface area contributed by atoms with Gasteiger partial charge in [-0.05, 0) is 37.8 Å². The lowest BCUT2D eigenvalue weighted by Gasteiger charge is -2.19. The van der Waals surface area contributed by atoms with E-state index in [1.54, 1.807) is 11.3 Å². The molecule has 0 fully saturated rings. The average molecular weight is 282 g/mol. The zero-order valence-corrected chi connectivity index (χ0v) is 12.2. The van der Waals surface area contributed by atoms with Gasteiger partial charge in [-0.15, -0.1) is 11.3 Å². The molecule has 0 atom stereocenters. The van der Waals surface area contributed by atoms with Crippen molar-refractivity contribution < 1.29 is 4.79 Å². The Bertz CT molecular complexity index is 446. The molecular formula is C13H18N2OS2. The van der Waals surface area contributed by atoms with Gasteiger partial charge in [-0.2, -0.15) is 0 Å². The van der Waals surface area contributed by atoms with Crippen molar-refractivity contribution in [1.29, 1.82) is 0 Å². The van der Waals surface area contributed by atoms with E-state index >= 15 is 0 Å². The summed E-state index contributed by atoms with van der Waals surface area (Å²) in [6.45, 7) is 3.30. The summed E-state index contributed by atoms with van der Waals surface area (Å²) in [5.74, 6) is 0.119. The van der Waals surface area contributed by atoms with Gasteiger partial charge < -0.3 is 10.6 Å². The molecule has 1 aromatic rings. The molecule has 2 rings (SSSR count). The summed E-state index contributed by atoms with van der Waals surface area (Å²) in [5, 5.41) is 0.